The van der Waals surface area contributed by atoms with Crippen LogP contribution in [-0.4, -0.2) is 24.9 Å². The Morgan fingerprint density at radius 2 is 1.61 bits per heavy atom. The summed E-state index contributed by atoms with van der Waals surface area (Å²) in [5.74, 6) is 0.247. The van der Waals surface area contributed by atoms with Gasteiger partial charge in [-0.05, 0) is 25.8 Å². The van der Waals surface area contributed by atoms with E-state index >= 15 is 0 Å². The first-order chi connectivity index (χ1) is 8.31. The molecule has 0 saturated carbocycles. The van der Waals surface area contributed by atoms with Crippen molar-refractivity contribution in [3.05, 3.63) is 0 Å². The Balaban J connectivity index is -0.000000506. The molecule has 0 radical (unpaired) electrons. The number of hydrogen-bond acceptors (Lipinski definition) is 3. The third kappa shape index (κ3) is 10.7. The van der Waals surface area contributed by atoms with E-state index in [1.165, 1.54) is 7.05 Å². The molecule has 0 aliphatic carbocycles. The third-order valence-corrected chi connectivity index (χ3v) is 2.58. The summed E-state index contributed by atoms with van der Waals surface area (Å²) >= 11 is 0. The molecule has 3 N–H and O–H groups in total. The third-order valence-electron chi connectivity index (χ3n) is 2.58. The van der Waals surface area contributed by atoms with Gasteiger partial charge in [-0.1, -0.05) is 54.9 Å². The van der Waals surface area contributed by atoms with Crippen molar-refractivity contribution in [3.63, 3.8) is 0 Å². The Labute approximate surface area is 115 Å². The maximum Gasteiger partial charge on any atom is 0.147 e. The Hall–Kier alpha value is -0.410. The molecule has 0 saturated heterocycles. The Morgan fingerprint density at radius 1 is 1.22 bits per heavy atom. The molecule has 18 heavy (non-hydrogen) atoms. The fourth-order valence-corrected chi connectivity index (χ4v) is 2.02. The highest BCUT2D eigenvalue weighted by molar-refractivity contribution is 5.82. The molecule has 0 fully saturated rings. The summed E-state index contributed by atoms with van der Waals surface area (Å²) in [6, 6.07) is 0.350. The smallest absolute Gasteiger partial charge is 0.147 e. The number of rotatable bonds is 6. The molecule has 3 nitrogen and oxygen atoms in total. The summed E-state index contributed by atoms with van der Waals surface area (Å²) in [6.45, 7) is 16.3. The fraction of sp³-hybridized carbons (Fsp3) is 0.933. The van der Waals surface area contributed by atoms with Gasteiger partial charge in [-0.15, -0.1) is 0 Å². The van der Waals surface area contributed by atoms with E-state index in [9.17, 15) is 4.79 Å². The van der Waals surface area contributed by atoms with Crippen LogP contribution in [0.5, 0.6) is 0 Å². The standard InChI is InChI=1S/C12H25NO.C2H6.CH5N/c1-7-8-12(5,6)11(10(4)14)13-9(2)3;2*1-2/h9,11,13H,7-8H2,1-6H3;1-2H3;2H2,1H3. The predicted molar refractivity (Wildman–Crippen MR) is 82.9 cm³/mol. The summed E-state index contributed by atoms with van der Waals surface area (Å²) in [5.41, 5.74) is 4.56. The SMILES string of the molecule is CC.CCCC(C)(C)C(NC(C)C)C(C)=O.CN. The summed E-state index contributed by atoms with van der Waals surface area (Å²) < 4.78 is 0. The zero-order valence-electron chi connectivity index (χ0n) is 14.1. The Morgan fingerprint density at radius 3 is 1.83 bits per heavy atom. The van der Waals surface area contributed by atoms with Gasteiger partial charge in [0.25, 0.3) is 0 Å². The number of nitrogens with one attached hydrogen (secondary N) is 1. The number of Topliss-reactive ketones (excluding diaryl/α,β-unsaturated/α-hetero) is 1. The number of carbonyl (C=O) groups excluding carboxylic acids is 1. The minimum Gasteiger partial charge on any atom is -0.333 e. The first-order valence-electron chi connectivity index (χ1n) is 7.15. The molecular formula is C15H36N2O. The van der Waals surface area contributed by atoms with Gasteiger partial charge in [-0.2, -0.15) is 0 Å². The minimum atomic E-state index is -0.0116. The number of carbonyl (C=O) groups is 1. The summed E-state index contributed by atoms with van der Waals surface area (Å²) in [5, 5.41) is 3.35. The molecule has 0 aromatic carbocycles. The van der Waals surface area contributed by atoms with E-state index in [-0.39, 0.29) is 17.2 Å². The topological polar surface area (TPSA) is 55.1 Å². The van der Waals surface area contributed by atoms with Gasteiger partial charge >= 0.3 is 0 Å². The van der Waals surface area contributed by atoms with Gasteiger partial charge in [-0.3, -0.25) is 4.79 Å². The molecule has 0 aromatic heterocycles. The molecule has 0 bridgehead atoms. The van der Waals surface area contributed by atoms with Gasteiger partial charge in [0.1, 0.15) is 5.78 Å². The van der Waals surface area contributed by atoms with Crippen LogP contribution < -0.4 is 11.1 Å². The molecule has 0 heterocycles. The quantitative estimate of drug-likeness (QED) is 0.770. The van der Waals surface area contributed by atoms with Gasteiger partial charge in [0.05, 0.1) is 6.04 Å². The van der Waals surface area contributed by atoms with Gasteiger partial charge in [0.2, 0.25) is 0 Å². The van der Waals surface area contributed by atoms with Crippen LogP contribution in [0.3, 0.4) is 0 Å². The van der Waals surface area contributed by atoms with Crippen LogP contribution in [0.1, 0.15) is 68.2 Å². The molecule has 112 valence electrons. The number of nitrogens with two attached hydrogens (primary N) is 1. The van der Waals surface area contributed by atoms with Crippen molar-refractivity contribution < 1.29 is 4.79 Å². The fourth-order valence-electron chi connectivity index (χ4n) is 2.02. The highest BCUT2D eigenvalue weighted by Crippen LogP contribution is 2.27. The average molecular weight is 260 g/mol. The van der Waals surface area contributed by atoms with E-state index in [0.29, 0.717) is 6.04 Å². The van der Waals surface area contributed by atoms with Crippen LogP contribution in [0.15, 0.2) is 0 Å². The van der Waals surface area contributed by atoms with Crippen molar-refractivity contribution in [1.82, 2.24) is 5.32 Å². The van der Waals surface area contributed by atoms with E-state index in [2.05, 4.69) is 45.7 Å². The predicted octanol–water partition coefficient (Wildman–Crippen LogP) is 3.37. The summed E-state index contributed by atoms with van der Waals surface area (Å²) in [7, 11) is 1.50. The lowest BCUT2D eigenvalue weighted by Gasteiger charge is -2.34. The lowest BCUT2D eigenvalue weighted by molar-refractivity contribution is -0.122. The maximum atomic E-state index is 11.5. The van der Waals surface area contributed by atoms with Gasteiger partial charge < -0.3 is 11.1 Å². The monoisotopic (exact) mass is 260 g/mol. The summed E-state index contributed by atoms with van der Waals surface area (Å²) in [6.07, 6.45) is 2.20. The maximum absolute atomic E-state index is 11.5. The number of ketones is 1. The van der Waals surface area contributed by atoms with Crippen molar-refractivity contribution in [2.75, 3.05) is 7.05 Å². The van der Waals surface area contributed by atoms with Crippen LogP contribution in [-0.2, 0) is 4.79 Å². The molecule has 0 amide bonds. The molecule has 0 aromatic rings. The van der Waals surface area contributed by atoms with E-state index in [0.717, 1.165) is 12.8 Å². The van der Waals surface area contributed by atoms with Crippen LogP contribution >= 0.6 is 0 Å². The second-order valence-electron chi connectivity index (χ2n) is 5.10. The van der Waals surface area contributed by atoms with E-state index < -0.39 is 0 Å². The molecule has 0 spiro atoms. The zero-order valence-corrected chi connectivity index (χ0v) is 14.1. The average Bonchev–Trinajstić information content (AvgIpc) is 2.30. The molecule has 1 unspecified atom stereocenters. The van der Waals surface area contributed by atoms with E-state index in [1.807, 2.05) is 13.8 Å². The van der Waals surface area contributed by atoms with E-state index in [4.69, 9.17) is 0 Å². The summed E-state index contributed by atoms with van der Waals surface area (Å²) in [4.78, 5) is 11.5. The molecule has 1 atom stereocenters. The van der Waals surface area contributed by atoms with Crippen molar-refractivity contribution in [1.29, 1.82) is 0 Å². The van der Waals surface area contributed by atoms with Crippen molar-refractivity contribution in [2.24, 2.45) is 11.1 Å². The van der Waals surface area contributed by atoms with Gasteiger partial charge in [0, 0.05) is 6.04 Å². The molecule has 3 heteroatoms. The lowest BCUT2D eigenvalue weighted by atomic mass is 9.78. The van der Waals surface area contributed by atoms with E-state index in [1.54, 1.807) is 6.92 Å². The van der Waals surface area contributed by atoms with Crippen LogP contribution in [0.4, 0.5) is 0 Å². The van der Waals surface area contributed by atoms with Crippen molar-refractivity contribution in [3.8, 4) is 0 Å². The van der Waals surface area contributed by atoms with Gasteiger partial charge in [0.15, 0.2) is 0 Å². The normalized spacial score (nSPS) is 11.9. The van der Waals surface area contributed by atoms with Crippen molar-refractivity contribution in [2.45, 2.75) is 80.3 Å². The van der Waals surface area contributed by atoms with Gasteiger partial charge in [-0.25, -0.2) is 0 Å². The first kappa shape index (κ1) is 22.7. The van der Waals surface area contributed by atoms with Crippen LogP contribution in [0.25, 0.3) is 0 Å². The highest BCUT2D eigenvalue weighted by Gasteiger charge is 2.32. The lowest BCUT2D eigenvalue weighted by Crippen LogP contribution is -2.49. The Kier molecular flexibility index (Phi) is 16.5. The first-order valence-corrected chi connectivity index (χ1v) is 7.15. The second kappa shape index (κ2) is 13.0. The Bertz CT molecular complexity index is 189. The zero-order chi connectivity index (χ0) is 15.4. The van der Waals surface area contributed by atoms with Crippen LogP contribution in [0.2, 0.25) is 0 Å². The molecular weight excluding hydrogens is 224 g/mol. The minimum absolute atomic E-state index is 0.0116. The number of hydrogen-bond donors (Lipinski definition) is 2. The largest absolute Gasteiger partial charge is 0.333 e. The molecule has 0 rings (SSSR count). The van der Waals surface area contributed by atoms with Crippen molar-refractivity contribution >= 4 is 5.78 Å². The highest BCUT2D eigenvalue weighted by atomic mass is 16.1. The molecule has 0 aliphatic rings. The molecule has 0 aliphatic heterocycles. The second-order valence-corrected chi connectivity index (χ2v) is 5.10. The van der Waals surface area contributed by atoms with Crippen LogP contribution in [0, 0.1) is 5.41 Å².